The van der Waals surface area contributed by atoms with E-state index in [9.17, 15) is 0 Å². The Balaban J connectivity index is 2.28. The fraction of sp³-hybridized carbons (Fsp3) is 0.500. The van der Waals surface area contributed by atoms with Crippen molar-refractivity contribution < 1.29 is 4.74 Å². The third-order valence-corrected chi connectivity index (χ3v) is 3.52. The minimum Gasteiger partial charge on any atom is -0.492 e. The molecule has 21 heavy (non-hydrogen) atoms. The van der Waals surface area contributed by atoms with E-state index in [1.54, 1.807) is 18.2 Å². The molecule has 0 amide bonds. The van der Waals surface area contributed by atoms with Crippen LogP contribution in [0.3, 0.4) is 0 Å². The van der Waals surface area contributed by atoms with E-state index in [1.165, 1.54) is 0 Å². The van der Waals surface area contributed by atoms with Crippen molar-refractivity contribution in [2.45, 2.75) is 12.8 Å². The lowest BCUT2D eigenvalue weighted by molar-refractivity contribution is 0.249. The van der Waals surface area contributed by atoms with Gasteiger partial charge in [-0.2, -0.15) is 0 Å². The van der Waals surface area contributed by atoms with E-state index in [2.05, 4.69) is 16.1 Å². The zero-order valence-corrected chi connectivity index (χ0v) is 13.9. The quantitative estimate of drug-likeness (QED) is 0.526. The van der Waals surface area contributed by atoms with Crippen LogP contribution in [-0.2, 0) is 0 Å². The molecule has 3 nitrogen and oxygen atoms in total. The van der Waals surface area contributed by atoms with Crippen molar-refractivity contribution in [2.75, 3.05) is 39.8 Å². The molecule has 0 atom stereocenters. The van der Waals surface area contributed by atoms with Crippen molar-refractivity contribution in [3.05, 3.63) is 28.2 Å². The molecule has 5 heteroatoms. The summed E-state index contributed by atoms with van der Waals surface area (Å²) < 4.78 is 5.66. The Kier molecular flexibility index (Phi) is 9.29. The molecule has 0 radical (unpaired) electrons. The Morgan fingerprint density at radius 1 is 1.29 bits per heavy atom. The van der Waals surface area contributed by atoms with E-state index in [-0.39, 0.29) is 0 Å². The molecule has 1 rings (SSSR count). The minimum atomic E-state index is 0.539. The summed E-state index contributed by atoms with van der Waals surface area (Å²) in [6.07, 6.45) is 7.38. The molecule has 0 saturated heterocycles. The molecular weight excluding hydrogens is 307 g/mol. The average molecular weight is 329 g/mol. The third-order valence-electron chi connectivity index (χ3n) is 2.99. The zero-order valence-electron chi connectivity index (χ0n) is 12.4. The fourth-order valence-corrected chi connectivity index (χ4v) is 2.40. The van der Waals surface area contributed by atoms with Crippen LogP contribution in [0.15, 0.2) is 18.2 Å². The van der Waals surface area contributed by atoms with Gasteiger partial charge in [0, 0.05) is 18.1 Å². The number of ether oxygens (including phenoxy) is 1. The van der Waals surface area contributed by atoms with Gasteiger partial charge in [-0.05, 0) is 44.6 Å². The SMILES string of the molecule is C#CCN(CCCNC)CCCOc1ccc(Cl)cc1Cl. The summed E-state index contributed by atoms with van der Waals surface area (Å²) in [4.78, 5) is 2.25. The number of benzene rings is 1. The van der Waals surface area contributed by atoms with Crippen LogP contribution in [0.1, 0.15) is 12.8 Å². The lowest BCUT2D eigenvalue weighted by Crippen LogP contribution is -2.29. The van der Waals surface area contributed by atoms with Crippen LogP contribution in [-0.4, -0.2) is 44.7 Å². The second kappa shape index (κ2) is 10.8. The molecule has 0 heterocycles. The van der Waals surface area contributed by atoms with Crippen LogP contribution in [0.25, 0.3) is 0 Å². The van der Waals surface area contributed by atoms with E-state index in [4.69, 9.17) is 34.4 Å². The van der Waals surface area contributed by atoms with E-state index in [0.29, 0.717) is 28.9 Å². The molecular formula is C16H22Cl2N2O. The maximum Gasteiger partial charge on any atom is 0.137 e. The minimum absolute atomic E-state index is 0.539. The van der Waals surface area contributed by atoms with Crippen molar-refractivity contribution in [3.8, 4) is 18.1 Å². The van der Waals surface area contributed by atoms with Gasteiger partial charge in [0.25, 0.3) is 0 Å². The lowest BCUT2D eigenvalue weighted by atomic mass is 10.3. The highest BCUT2D eigenvalue weighted by Crippen LogP contribution is 2.27. The molecule has 0 aromatic heterocycles. The maximum atomic E-state index is 6.05. The molecule has 0 unspecified atom stereocenters. The molecule has 0 aliphatic heterocycles. The standard InChI is InChI=1S/C16H22Cl2N2O/c1-3-9-20(10-4-8-19-2)11-5-12-21-16-7-6-14(17)13-15(16)18/h1,6-7,13,19H,4-5,8-12H2,2H3. The van der Waals surface area contributed by atoms with Gasteiger partial charge < -0.3 is 10.1 Å². The second-order valence-electron chi connectivity index (χ2n) is 4.71. The summed E-state index contributed by atoms with van der Waals surface area (Å²) in [5, 5.41) is 4.28. The molecule has 1 aromatic carbocycles. The highest BCUT2D eigenvalue weighted by atomic mass is 35.5. The summed E-state index contributed by atoms with van der Waals surface area (Å²) in [7, 11) is 1.95. The maximum absolute atomic E-state index is 6.05. The van der Waals surface area contributed by atoms with Gasteiger partial charge in [-0.15, -0.1) is 6.42 Å². The first-order chi connectivity index (χ1) is 10.2. The fourth-order valence-electron chi connectivity index (χ4n) is 1.94. The van der Waals surface area contributed by atoms with Gasteiger partial charge in [-0.3, -0.25) is 4.90 Å². The first-order valence-corrected chi connectivity index (χ1v) is 7.81. The van der Waals surface area contributed by atoms with Crippen LogP contribution in [0.2, 0.25) is 10.0 Å². The number of hydrogen-bond donors (Lipinski definition) is 1. The molecule has 0 bridgehead atoms. The molecule has 0 aliphatic carbocycles. The van der Waals surface area contributed by atoms with E-state index < -0.39 is 0 Å². The number of hydrogen-bond acceptors (Lipinski definition) is 3. The van der Waals surface area contributed by atoms with E-state index in [0.717, 1.165) is 32.5 Å². The number of rotatable bonds is 10. The van der Waals surface area contributed by atoms with Crippen molar-refractivity contribution >= 4 is 23.2 Å². The molecule has 0 spiro atoms. The van der Waals surface area contributed by atoms with Crippen LogP contribution in [0, 0.1) is 12.3 Å². The number of nitrogens with zero attached hydrogens (tertiary/aromatic N) is 1. The molecule has 0 saturated carbocycles. The lowest BCUT2D eigenvalue weighted by Gasteiger charge is -2.19. The Morgan fingerprint density at radius 3 is 2.71 bits per heavy atom. The van der Waals surface area contributed by atoms with Gasteiger partial charge >= 0.3 is 0 Å². The molecule has 0 fully saturated rings. The van der Waals surface area contributed by atoms with Gasteiger partial charge in [-0.25, -0.2) is 0 Å². The number of terminal acetylenes is 1. The molecule has 0 aliphatic rings. The summed E-state index contributed by atoms with van der Waals surface area (Å²) in [5.41, 5.74) is 0. The van der Waals surface area contributed by atoms with Crippen molar-refractivity contribution in [2.24, 2.45) is 0 Å². The summed E-state index contributed by atoms with van der Waals surface area (Å²) >= 11 is 11.9. The van der Waals surface area contributed by atoms with Crippen molar-refractivity contribution in [1.29, 1.82) is 0 Å². The third kappa shape index (κ3) is 7.59. The highest BCUT2D eigenvalue weighted by molar-refractivity contribution is 6.35. The predicted molar refractivity (Wildman–Crippen MR) is 90.4 cm³/mol. The predicted octanol–water partition coefficient (Wildman–Crippen LogP) is 3.31. The second-order valence-corrected chi connectivity index (χ2v) is 5.56. The van der Waals surface area contributed by atoms with Crippen LogP contribution in [0.5, 0.6) is 5.75 Å². The van der Waals surface area contributed by atoms with E-state index >= 15 is 0 Å². The topological polar surface area (TPSA) is 24.5 Å². The van der Waals surface area contributed by atoms with Gasteiger partial charge in [0.2, 0.25) is 0 Å². The Morgan fingerprint density at radius 2 is 2.05 bits per heavy atom. The highest BCUT2D eigenvalue weighted by Gasteiger charge is 2.05. The average Bonchev–Trinajstić information content (AvgIpc) is 2.45. The molecule has 116 valence electrons. The largest absolute Gasteiger partial charge is 0.492 e. The normalized spacial score (nSPS) is 10.6. The monoisotopic (exact) mass is 328 g/mol. The first kappa shape index (κ1) is 18.1. The van der Waals surface area contributed by atoms with Crippen LogP contribution in [0.4, 0.5) is 0 Å². The van der Waals surface area contributed by atoms with E-state index in [1.807, 2.05) is 7.05 Å². The van der Waals surface area contributed by atoms with Gasteiger partial charge in [-0.1, -0.05) is 29.1 Å². The first-order valence-electron chi connectivity index (χ1n) is 7.05. The Hall–Kier alpha value is -0.920. The van der Waals surface area contributed by atoms with Crippen LogP contribution < -0.4 is 10.1 Å². The Labute approximate surface area is 137 Å². The van der Waals surface area contributed by atoms with Crippen LogP contribution >= 0.6 is 23.2 Å². The summed E-state index contributed by atoms with van der Waals surface area (Å²) in [5.74, 6) is 3.36. The van der Waals surface area contributed by atoms with Crippen molar-refractivity contribution in [3.63, 3.8) is 0 Å². The number of halogens is 2. The number of nitrogens with one attached hydrogen (secondary N) is 1. The smallest absolute Gasteiger partial charge is 0.137 e. The summed E-state index contributed by atoms with van der Waals surface area (Å²) in [6.45, 7) is 4.18. The van der Waals surface area contributed by atoms with Gasteiger partial charge in [0.1, 0.15) is 5.75 Å². The summed E-state index contributed by atoms with van der Waals surface area (Å²) in [6, 6.07) is 5.24. The molecule has 1 aromatic rings. The molecule has 1 N–H and O–H groups in total. The van der Waals surface area contributed by atoms with Crippen molar-refractivity contribution in [1.82, 2.24) is 10.2 Å². The zero-order chi connectivity index (χ0) is 15.5. The van der Waals surface area contributed by atoms with Gasteiger partial charge in [0.05, 0.1) is 18.2 Å². The van der Waals surface area contributed by atoms with Gasteiger partial charge in [0.15, 0.2) is 0 Å². The Bertz CT molecular complexity index is 460.